The third-order valence-corrected chi connectivity index (χ3v) is 2.62. The predicted molar refractivity (Wildman–Crippen MR) is 62.9 cm³/mol. The molecule has 1 heterocycles. The van der Waals surface area contributed by atoms with E-state index in [1.165, 1.54) is 0 Å². The van der Waals surface area contributed by atoms with Gasteiger partial charge in [-0.15, -0.1) is 0 Å². The van der Waals surface area contributed by atoms with Crippen molar-refractivity contribution in [1.82, 2.24) is 9.78 Å². The third-order valence-electron chi connectivity index (χ3n) is 2.62. The van der Waals surface area contributed by atoms with Crippen molar-refractivity contribution >= 4 is 6.29 Å². The summed E-state index contributed by atoms with van der Waals surface area (Å²) in [4.78, 5) is 10.9. The van der Waals surface area contributed by atoms with Crippen LogP contribution in [0.15, 0.2) is 0 Å². The largest absolute Gasteiger partial charge is 0.477 e. The minimum Gasteiger partial charge on any atom is -0.477 e. The number of ether oxygens (including phenoxy) is 1. The average molecular weight is 224 g/mol. The topological polar surface area (TPSA) is 44.1 Å². The number of aldehydes is 1. The molecule has 0 amide bonds. The van der Waals surface area contributed by atoms with Crippen molar-refractivity contribution < 1.29 is 9.53 Å². The van der Waals surface area contributed by atoms with Crippen LogP contribution >= 0.6 is 0 Å². The quantitative estimate of drug-likeness (QED) is 0.697. The van der Waals surface area contributed by atoms with E-state index in [2.05, 4.69) is 18.9 Å². The monoisotopic (exact) mass is 224 g/mol. The Morgan fingerprint density at radius 1 is 1.56 bits per heavy atom. The first-order chi connectivity index (χ1) is 7.60. The molecule has 16 heavy (non-hydrogen) atoms. The molecule has 0 aliphatic carbocycles. The van der Waals surface area contributed by atoms with E-state index < -0.39 is 0 Å². The highest BCUT2D eigenvalue weighted by Crippen LogP contribution is 2.20. The molecule has 4 nitrogen and oxygen atoms in total. The van der Waals surface area contributed by atoms with Crippen LogP contribution in [0.25, 0.3) is 0 Å². The SMILES string of the molecule is CCCC(C)COc1c(C=O)c(C)nn1C. The highest BCUT2D eigenvalue weighted by Gasteiger charge is 2.14. The van der Waals surface area contributed by atoms with Crippen LogP contribution in [0, 0.1) is 12.8 Å². The molecule has 1 aromatic rings. The first-order valence-electron chi connectivity index (χ1n) is 5.71. The van der Waals surface area contributed by atoms with Crippen molar-refractivity contribution in [3.8, 4) is 5.88 Å². The Morgan fingerprint density at radius 3 is 2.81 bits per heavy atom. The van der Waals surface area contributed by atoms with Gasteiger partial charge in [0.15, 0.2) is 6.29 Å². The van der Waals surface area contributed by atoms with E-state index in [-0.39, 0.29) is 0 Å². The van der Waals surface area contributed by atoms with Gasteiger partial charge in [-0.25, -0.2) is 4.68 Å². The van der Waals surface area contributed by atoms with Crippen molar-refractivity contribution in [2.24, 2.45) is 13.0 Å². The molecule has 0 aromatic carbocycles. The molecule has 0 radical (unpaired) electrons. The highest BCUT2D eigenvalue weighted by molar-refractivity contribution is 5.80. The molecule has 0 saturated carbocycles. The molecule has 0 aliphatic heterocycles. The number of nitrogens with zero attached hydrogens (tertiary/aromatic N) is 2. The van der Waals surface area contributed by atoms with Crippen LogP contribution in [0.2, 0.25) is 0 Å². The second kappa shape index (κ2) is 5.68. The van der Waals surface area contributed by atoms with E-state index >= 15 is 0 Å². The van der Waals surface area contributed by atoms with E-state index in [9.17, 15) is 4.79 Å². The van der Waals surface area contributed by atoms with Crippen molar-refractivity contribution in [3.63, 3.8) is 0 Å². The van der Waals surface area contributed by atoms with Gasteiger partial charge in [0, 0.05) is 7.05 Å². The number of rotatable bonds is 6. The average Bonchev–Trinajstić information content (AvgIpc) is 2.50. The summed E-state index contributed by atoms with van der Waals surface area (Å²) in [5.41, 5.74) is 1.28. The van der Waals surface area contributed by atoms with E-state index in [1.54, 1.807) is 11.7 Å². The number of carbonyl (C=O) groups is 1. The number of hydrogen-bond acceptors (Lipinski definition) is 3. The summed E-state index contributed by atoms with van der Waals surface area (Å²) >= 11 is 0. The van der Waals surface area contributed by atoms with Crippen LogP contribution in [-0.2, 0) is 7.05 Å². The highest BCUT2D eigenvalue weighted by atomic mass is 16.5. The minimum absolute atomic E-state index is 0.500. The third kappa shape index (κ3) is 2.84. The lowest BCUT2D eigenvalue weighted by Gasteiger charge is -2.12. The molecular formula is C12H20N2O2. The zero-order chi connectivity index (χ0) is 12.1. The van der Waals surface area contributed by atoms with Crippen molar-refractivity contribution in [2.75, 3.05) is 6.61 Å². The number of aryl methyl sites for hydroxylation is 2. The van der Waals surface area contributed by atoms with Gasteiger partial charge in [0.1, 0.15) is 0 Å². The molecule has 0 spiro atoms. The maximum absolute atomic E-state index is 10.9. The van der Waals surface area contributed by atoms with Crippen molar-refractivity contribution in [1.29, 1.82) is 0 Å². The van der Waals surface area contributed by atoms with Gasteiger partial charge < -0.3 is 4.74 Å². The molecule has 0 fully saturated rings. The fraction of sp³-hybridized carbons (Fsp3) is 0.667. The summed E-state index contributed by atoms with van der Waals surface area (Å²) in [7, 11) is 1.79. The lowest BCUT2D eigenvalue weighted by molar-refractivity contribution is 0.111. The maximum Gasteiger partial charge on any atom is 0.222 e. The summed E-state index contributed by atoms with van der Waals surface area (Å²) in [6.45, 7) is 6.74. The maximum atomic E-state index is 10.9. The smallest absolute Gasteiger partial charge is 0.222 e. The minimum atomic E-state index is 0.500. The van der Waals surface area contributed by atoms with Crippen LogP contribution < -0.4 is 4.74 Å². The molecule has 1 aromatic heterocycles. The second-order valence-electron chi connectivity index (χ2n) is 4.25. The van der Waals surface area contributed by atoms with Crippen LogP contribution in [0.1, 0.15) is 42.7 Å². The summed E-state index contributed by atoms with van der Waals surface area (Å²) in [5.74, 6) is 1.08. The Morgan fingerprint density at radius 2 is 2.25 bits per heavy atom. The molecule has 0 bridgehead atoms. The number of aromatic nitrogens is 2. The zero-order valence-electron chi connectivity index (χ0n) is 10.5. The molecule has 0 aliphatic rings. The Labute approximate surface area is 96.6 Å². The van der Waals surface area contributed by atoms with Gasteiger partial charge in [0.25, 0.3) is 0 Å². The molecular weight excluding hydrogens is 204 g/mol. The molecule has 1 atom stereocenters. The predicted octanol–water partition coefficient (Wildman–Crippen LogP) is 2.36. The zero-order valence-corrected chi connectivity index (χ0v) is 10.5. The molecule has 1 unspecified atom stereocenters. The van der Waals surface area contributed by atoms with Crippen molar-refractivity contribution in [2.45, 2.75) is 33.6 Å². The van der Waals surface area contributed by atoms with E-state index in [1.807, 2.05) is 6.92 Å². The molecule has 0 N–H and O–H groups in total. The fourth-order valence-corrected chi connectivity index (χ4v) is 1.76. The van der Waals surface area contributed by atoms with Crippen LogP contribution in [0.5, 0.6) is 5.88 Å². The Hall–Kier alpha value is -1.32. The lowest BCUT2D eigenvalue weighted by Crippen LogP contribution is -2.11. The lowest BCUT2D eigenvalue weighted by atomic mass is 10.1. The van der Waals surface area contributed by atoms with Gasteiger partial charge in [0.2, 0.25) is 5.88 Å². The van der Waals surface area contributed by atoms with Crippen LogP contribution in [0.3, 0.4) is 0 Å². The van der Waals surface area contributed by atoms with Gasteiger partial charge in [-0.3, -0.25) is 4.79 Å². The van der Waals surface area contributed by atoms with Gasteiger partial charge in [0.05, 0.1) is 17.9 Å². The van der Waals surface area contributed by atoms with Crippen LogP contribution in [0.4, 0.5) is 0 Å². The Kier molecular flexibility index (Phi) is 4.52. The molecule has 0 saturated heterocycles. The molecule has 4 heteroatoms. The Balaban J connectivity index is 2.69. The summed E-state index contributed by atoms with van der Waals surface area (Å²) in [6.07, 6.45) is 3.09. The van der Waals surface area contributed by atoms with E-state index in [4.69, 9.17) is 4.74 Å². The van der Waals surface area contributed by atoms with E-state index in [0.717, 1.165) is 24.8 Å². The number of hydrogen-bond donors (Lipinski definition) is 0. The van der Waals surface area contributed by atoms with Gasteiger partial charge in [-0.2, -0.15) is 5.10 Å². The van der Waals surface area contributed by atoms with Gasteiger partial charge >= 0.3 is 0 Å². The fourth-order valence-electron chi connectivity index (χ4n) is 1.76. The van der Waals surface area contributed by atoms with Gasteiger partial charge in [-0.05, 0) is 19.3 Å². The summed E-state index contributed by atoms with van der Waals surface area (Å²) in [5, 5.41) is 4.17. The first-order valence-corrected chi connectivity index (χ1v) is 5.71. The summed E-state index contributed by atoms with van der Waals surface area (Å²) in [6, 6.07) is 0. The number of carbonyl (C=O) groups excluding carboxylic acids is 1. The summed E-state index contributed by atoms with van der Waals surface area (Å²) < 4.78 is 7.29. The second-order valence-corrected chi connectivity index (χ2v) is 4.25. The molecule has 1 rings (SSSR count). The van der Waals surface area contributed by atoms with Gasteiger partial charge in [-0.1, -0.05) is 20.3 Å². The molecule has 90 valence electrons. The van der Waals surface area contributed by atoms with E-state index in [0.29, 0.717) is 24.0 Å². The standard InChI is InChI=1S/C12H20N2O2/c1-5-6-9(2)8-16-12-11(7-15)10(3)13-14(12)4/h7,9H,5-6,8H2,1-4H3. The normalized spacial score (nSPS) is 12.5. The Bertz CT molecular complexity index is 358. The first kappa shape index (κ1) is 12.7. The van der Waals surface area contributed by atoms with Crippen LogP contribution in [-0.4, -0.2) is 22.7 Å². The van der Waals surface area contributed by atoms with Crippen molar-refractivity contribution in [3.05, 3.63) is 11.3 Å².